The second kappa shape index (κ2) is 14.2. The SMILES string of the molecule is CN=C(NCCCN1CCCCCC1)NCCOc1ccccc1.I. The van der Waals surface area contributed by atoms with Gasteiger partial charge in [-0.3, -0.25) is 4.99 Å². The first kappa shape index (κ1) is 22.0. The molecule has 5 nitrogen and oxygen atoms in total. The number of ether oxygens (including phenoxy) is 1. The van der Waals surface area contributed by atoms with Crippen molar-refractivity contribution in [3.63, 3.8) is 0 Å². The van der Waals surface area contributed by atoms with Crippen LogP contribution in [-0.2, 0) is 0 Å². The van der Waals surface area contributed by atoms with Crippen LogP contribution < -0.4 is 15.4 Å². The maximum Gasteiger partial charge on any atom is 0.191 e. The van der Waals surface area contributed by atoms with Crippen molar-refractivity contribution >= 4 is 29.9 Å². The number of nitrogens with zero attached hydrogens (tertiary/aromatic N) is 2. The molecular weight excluding hydrogens is 427 g/mol. The Labute approximate surface area is 169 Å². The molecule has 2 rings (SSSR count). The Kier molecular flexibility index (Phi) is 12.5. The van der Waals surface area contributed by atoms with E-state index in [1.807, 2.05) is 37.4 Å². The maximum absolute atomic E-state index is 5.67. The molecule has 1 fully saturated rings. The van der Waals surface area contributed by atoms with Gasteiger partial charge < -0.3 is 20.3 Å². The van der Waals surface area contributed by atoms with Gasteiger partial charge in [-0.15, -0.1) is 24.0 Å². The molecule has 0 aromatic heterocycles. The average molecular weight is 460 g/mol. The zero-order valence-corrected chi connectivity index (χ0v) is 17.7. The molecule has 1 heterocycles. The van der Waals surface area contributed by atoms with E-state index in [4.69, 9.17) is 4.74 Å². The van der Waals surface area contributed by atoms with Gasteiger partial charge >= 0.3 is 0 Å². The highest BCUT2D eigenvalue weighted by molar-refractivity contribution is 14.0. The van der Waals surface area contributed by atoms with E-state index >= 15 is 0 Å². The molecule has 0 atom stereocenters. The summed E-state index contributed by atoms with van der Waals surface area (Å²) in [5, 5.41) is 6.67. The summed E-state index contributed by atoms with van der Waals surface area (Å²) in [4.78, 5) is 6.85. The predicted octanol–water partition coefficient (Wildman–Crippen LogP) is 3.11. The van der Waals surface area contributed by atoms with Gasteiger partial charge in [-0.2, -0.15) is 0 Å². The molecule has 1 aliphatic heterocycles. The zero-order chi connectivity index (χ0) is 16.9. The van der Waals surface area contributed by atoms with Crippen molar-refractivity contribution in [1.82, 2.24) is 15.5 Å². The van der Waals surface area contributed by atoms with Crippen LogP contribution in [0.1, 0.15) is 32.1 Å². The van der Waals surface area contributed by atoms with E-state index < -0.39 is 0 Å². The Hall–Kier alpha value is -1.02. The summed E-state index contributed by atoms with van der Waals surface area (Å²) < 4.78 is 5.67. The third-order valence-electron chi connectivity index (χ3n) is 4.27. The average Bonchev–Trinajstić information content (AvgIpc) is 2.90. The van der Waals surface area contributed by atoms with Crippen LogP contribution in [0, 0.1) is 0 Å². The molecule has 2 N–H and O–H groups in total. The van der Waals surface area contributed by atoms with E-state index in [2.05, 4.69) is 20.5 Å². The Morgan fingerprint density at radius 3 is 2.40 bits per heavy atom. The van der Waals surface area contributed by atoms with Gasteiger partial charge in [0, 0.05) is 13.6 Å². The number of hydrogen-bond donors (Lipinski definition) is 2. The lowest BCUT2D eigenvalue weighted by atomic mass is 10.2. The predicted molar refractivity (Wildman–Crippen MR) is 116 cm³/mol. The summed E-state index contributed by atoms with van der Waals surface area (Å²) >= 11 is 0. The van der Waals surface area contributed by atoms with Crippen LogP contribution >= 0.6 is 24.0 Å². The molecular formula is C19H33IN4O. The lowest BCUT2D eigenvalue weighted by molar-refractivity contribution is 0.282. The summed E-state index contributed by atoms with van der Waals surface area (Å²) in [5.41, 5.74) is 0. The number of aliphatic imine (C=N–C) groups is 1. The number of benzene rings is 1. The minimum atomic E-state index is 0. The first-order valence-corrected chi connectivity index (χ1v) is 9.23. The fraction of sp³-hybridized carbons (Fsp3) is 0.632. The van der Waals surface area contributed by atoms with E-state index in [1.165, 1.54) is 45.3 Å². The molecule has 6 heteroatoms. The van der Waals surface area contributed by atoms with Crippen molar-refractivity contribution in [2.24, 2.45) is 4.99 Å². The van der Waals surface area contributed by atoms with E-state index in [0.29, 0.717) is 6.61 Å². The molecule has 0 aliphatic carbocycles. The molecule has 1 saturated heterocycles. The van der Waals surface area contributed by atoms with Gasteiger partial charge in [0.1, 0.15) is 12.4 Å². The Bertz CT molecular complexity index is 462. The first-order valence-electron chi connectivity index (χ1n) is 9.23. The number of hydrogen-bond acceptors (Lipinski definition) is 3. The van der Waals surface area contributed by atoms with Crippen molar-refractivity contribution in [2.75, 3.05) is 46.4 Å². The van der Waals surface area contributed by atoms with Crippen LogP contribution in [0.15, 0.2) is 35.3 Å². The molecule has 0 radical (unpaired) electrons. The van der Waals surface area contributed by atoms with Crippen LogP contribution in [-0.4, -0.2) is 57.2 Å². The second-order valence-corrected chi connectivity index (χ2v) is 6.20. The number of guanidine groups is 1. The summed E-state index contributed by atoms with van der Waals surface area (Å²) in [6.45, 7) is 6.03. The van der Waals surface area contributed by atoms with Gasteiger partial charge in [0.15, 0.2) is 5.96 Å². The van der Waals surface area contributed by atoms with Crippen LogP contribution in [0.4, 0.5) is 0 Å². The normalized spacial score (nSPS) is 15.8. The summed E-state index contributed by atoms with van der Waals surface area (Å²) in [6.07, 6.45) is 6.67. The lowest BCUT2D eigenvalue weighted by Gasteiger charge is -2.20. The third kappa shape index (κ3) is 9.89. The van der Waals surface area contributed by atoms with Crippen LogP contribution in [0.25, 0.3) is 0 Å². The third-order valence-corrected chi connectivity index (χ3v) is 4.27. The molecule has 142 valence electrons. The van der Waals surface area contributed by atoms with Crippen LogP contribution in [0.3, 0.4) is 0 Å². The number of nitrogens with one attached hydrogen (secondary N) is 2. The van der Waals surface area contributed by atoms with Crippen molar-refractivity contribution in [3.05, 3.63) is 30.3 Å². The van der Waals surface area contributed by atoms with E-state index in [0.717, 1.165) is 31.2 Å². The molecule has 0 saturated carbocycles. The number of para-hydroxylation sites is 1. The minimum absolute atomic E-state index is 0. The molecule has 0 bridgehead atoms. The molecule has 0 amide bonds. The van der Waals surface area contributed by atoms with Crippen molar-refractivity contribution < 1.29 is 4.74 Å². The fourth-order valence-electron chi connectivity index (χ4n) is 2.94. The van der Waals surface area contributed by atoms with Gasteiger partial charge in [-0.1, -0.05) is 31.0 Å². The van der Waals surface area contributed by atoms with Crippen molar-refractivity contribution in [2.45, 2.75) is 32.1 Å². The maximum atomic E-state index is 5.67. The van der Waals surface area contributed by atoms with E-state index in [-0.39, 0.29) is 24.0 Å². The van der Waals surface area contributed by atoms with E-state index in [1.54, 1.807) is 0 Å². The highest BCUT2D eigenvalue weighted by atomic mass is 127. The van der Waals surface area contributed by atoms with E-state index in [9.17, 15) is 0 Å². The Balaban J connectivity index is 0.00000312. The monoisotopic (exact) mass is 460 g/mol. The Morgan fingerprint density at radius 2 is 1.72 bits per heavy atom. The van der Waals surface area contributed by atoms with Crippen molar-refractivity contribution in [3.8, 4) is 5.75 Å². The number of rotatable bonds is 8. The van der Waals surface area contributed by atoms with Gasteiger partial charge in [0.25, 0.3) is 0 Å². The summed E-state index contributed by atoms with van der Waals surface area (Å²) in [5.74, 6) is 1.75. The highest BCUT2D eigenvalue weighted by Gasteiger charge is 2.08. The molecule has 25 heavy (non-hydrogen) atoms. The smallest absolute Gasteiger partial charge is 0.191 e. The topological polar surface area (TPSA) is 48.9 Å². The Morgan fingerprint density at radius 1 is 1.04 bits per heavy atom. The van der Waals surface area contributed by atoms with Gasteiger partial charge in [0.05, 0.1) is 6.54 Å². The van der Waals surface area contributed by atoms with Gasteiger partial charge in [-0.05, 0) is 51.0 Å². The molecule has 0 spiro atoms. The second-order valence-electron chi connectivity index (χ2n) is 6.20. The lowest BCUT2D eigenvalue weighted by Crippen LogP contribution is -2.40. The zero-order valence-electron chi connectivity index (χ0n) is 15.4. The standard InChI is InChI=1S/C19H32N4O.HI/c1-20-19(22-13-17-24-18-10-5-4-6-11-18)21-12-9-16-23-14-7-2-3-8-15-23;/h4-6,10-11H,2-3,7-9,12-17H2,1H3,(H2,20,21,22);1H. The van der Waals surface area contributed by atoms with Crippen molar-refractivity contribution in [1.29, 1.82) is 0 Å². The number of halogens is 1. The molecule has 1 aromatic rings. The van der Waals surface area contributed by atoms with Crippen LogP contribution in [0.5, 0.6) is 5.75 Å². The summed E-state index contributed by atoms with van der Waals surface area (Å²) in [6, 6.07) is 9.88. The fourth-order valence-corrected chi connectivity index (χ4v) is 2.94. The van der Waals surface area contributed by atoms with Gasteiger partial charge in [-0.25, -0.2) is 0 Å². The quantitative estimate of drug-likeness (QED) is 0.271. The van der Waals surface area contributed by atoms with Crippen LogP contribution in [0.2, 0.25) is 0 Å². The number of likely N-dealkylation sites (tertiary alicyclic amines) is 1. The minimum Gasteiger partial charge on any atom is -0.492 e. The highest BCUT2D eigenvalue weighted by Crippen LogP contribution is 2.09. The summed E-state index contributed by atoms with van der Waals surface area (Å²) in [7, 11) is 1.81. The molecule has 1 aliphatic rings. The largest absolute Gasteiger partial charge is 0.492 e. The molecule has 0 unspecified atom stereocenters. The first-order chi connectivity index (χ1) is 11.9. The van der Waals surface area contributed by atoms with Gasteiger partial charge in [0.2, 0.25) is 0 Å². The molecule has 1 aromatic carbocycles.